The fourth-order valence-electron chi connectivity index (χ4n) is 3.89. The number of anilines is 1. The summed E-state index contributed by atoms with van der Waals surface area (Å²) in [5, 5.41) is 13.0. The molecule has 4 rings (SSSR count). The topological polar surface area (TPSA) is 81.9 Å². The Morgan fingerprint density at radius 3 is 2.68 bits per heavy atom. The molecule has 2 aliphatic rings. The lowest BCUT2D eigenvalue weighted by molar-refractivity contribution is 0.332. The van der Waals surface area contributed by atoms with Gasteiger partial charge in [0, 0.05) is 59.9 Å². The molecule has 7 heteroatoms. The Kier molecular flexibility index (Phi) is 4.40. The van der Waals surface area contributed by atoms with E-state index in [9.17, 15) is 9.47 Å². The summed E-state index contributed by atoms with van der Waals surface area (Å²) in [6.45, 7) is 4.12. The van der Waals surface area contributed by atoms with Gasteiger partial charge in [0.1, 0.15) is 17.1 Å². The molecule has 2 fully saturated rings. The maximum absolute atomic E-state index is 11.3. The van der Waals surface area contributed by atoms with Crippen molar-refractivity contribution in [3.63, 3.8) is 0 Å². The summed E-state index contributed by atoms with van der Waals surface area (Å²) in [6.07, 6.45) is 4.44. The summed E-state index contributed by atoms with van der Waals surface area (Å²) in [4.78, 5) is 11.2. The van der Waals surface area contributed by atoms with Crippen LogP contribution in [0.3, 0.4) is 0 Å². The zero-order valence-corrected chi connectivity index (χ0v) is 15.0. The standard InChI is InChI=1S/C18H21N5OS/c1-12-6-14(22-15-10-25(24)11-15)9-23(8-12)16-3-2-13(7-19)17-18(16)21-5-4-20-17/h2-5,12,14-15,22H,6,8-11H2,1H3/t12-,14+,15?,25?/m0/s1. The smallest absolute Gasteiger partial charge is 0.113 e. The van der Waals surface area contributed by atoms with Crippen LogP contribution in [0.4, 0.5) is 5.69 Å². The van der Waals surface area contributed by atoms with Crippen LogP contribution < -0.4 is 10.2 Å². The highest BCUT2D eigenvalue weighted by molar-refractivity contribution is 7.86. The molecule has 1 N–H and O–H groups in total. The van der Waals surface area contributed by atoms with Crippen molar-refractivity contribution < 1.29 is 4.21 Å². The molecule has 2 atom stereocenters. The molecule has 2 aliphatic heterocycles. The number of nitriles is 1. The van der Waals surface area contributed by atoms with Gasteiger partial charge in [0.15, 0.2) is 0 Å². The van der Waals surface area contributed by atoms with Crippen molar-refractivity contribution in [2.45, 2.75) is 25.4 Å². The Balaban J connectivity index is 1.61. The van der Waals surface area contributed by atoms with Crippen molar-refractivity contribution in [2.24, 2.45) is 5.92 Å². The van der Waals surface area contributed by atoms with Crippen molar-refractivity contribution in [3.8, 4) is 6.07 Å². The minimum atomic E-state index is -0.627. The lowest BCUT2D eigenvalue weighted by Crippen LogP contribution is -2.57. The maximum atomic E-state index is 11.3. The predicted octanol–water partition coefficient (Wildman–Crippen LogP) is 1.44. The highest BCUT2D eigenvalue weighted by atomic mass is 32.2. The fraction of sp³-hybridized carbons (Fsp3) is 0.500. The molecule has 2 aromatic rings. The average Bonchev–Trinajstić information content (AvgIpc) is 2.59. The summed E-state index contributed by atoms with van der Waals surface area (Å²) >= 11 is 0. The summed E-state index contributed by atoms with van der Waals surface area (Å²) < 4.78 is 11.3. The van der Waals surface area contributed by atoms with E-state index in [1.165, 1.54) is 0 Å². The lowest BCUT2D eigenvalue weighted by atomic mass is 9.94. The number of aromatic nitrogens is 2. The number of fused-ring (bicyclic) bond motifs is 1. The molecule has 25 heavy (non-hydrogen) atoms. The third-order valence-electron chi connectivity index (χ3n) is 4.97. The average molecular weight is 355 g/mol. The van der Waals surface area contributed by atoms with Gasteiger partial charge in [0.25, 0.3) is 0 Å². The Hall–Kier alpha value is -2.04. The van der Waals surface area contributed by atoms with E-state index in [1.54, 1.807) is 12.4 Å². The first-order chi connectivity index (χ1) is 12.1. The molecule has 0 unspecified atom stereocenters. The maximum Gasteiger partial charge on any atom is 0.113 e. The van der Waals surface area contributed by atoms with Gasteiger partial charge in [0.05, 0.1) is 11.3 Å². The van der Waals surface area contributed by atoms with Crippen molar-refractivity contribution in [1.29, 1.82) is 5.26 Å². The second-order valence-corrected chi connectivity index (χ2v) is 8.62. The minimum absolute atomic E-state index is 0.383. The van der Waals surface area contributed by atoms with Gasteiger partial charge < -0.3 is 10.2 Å². The molecule has 0 amide bonds. The van der Waals surface area contributed by atoms with Crippen LogP contribution in [-0.4, -0.2) is 50.9 Å². The molecule has 3 heterocycles. The van der Waals surface area contributed by atoms with E-state index < -0.39 is 10.8 Å². The molecule has 1 aromatic heterocycles. The van der Waals surface area contributed by atoms with Crippen molar-refractivity contribution >= 4 is 27.5 Å². The van der Waals surface area contributed by atoms with Crippen molar-refractivity contribution in [3.05, 3.63) is 30.1 Å². The molecule has 1 aromatic carbocycles. The summed E-state index contributed by atoms with van der Waals surface area (Å²) in [5.41, 5.74) is 3.06. The molecule has 0 aliphatic carbocycles. The fourth-order valence-corrected chi connectivity index (χ4v) is 4.88. The number of piperidine rings is 1. The molecule has 0 spiro atoms. The molecule has 0 saturated carbocycles. The second kappa shape index (κ2) is 6.70. The molecule has 130 valence electrons. The predicted molar refractivity (Wildman–Crippen MR) is 98.8 cm³/mol. The van der Waals surface area contributed by atoms with Crippen LogP contribution in [0.15, 0.2) is 24.5 Å². The minimum Gasteiger partial charge on any atom is -0.368 e. The van der Waals surface area contributed by atoms with Crippen molar-refractivity contribution in [2.75, 3.05) is 29.5 Å². The zero-order valence-electron chi connectivity index (χ0n) is 14.2. The van der Waals surface area contributed by atoms with E-state index in [0.29, 0.717) is 29.1 Å². The molecule has 6 nitrogen and oxygen atoms in total. The summed E-state index contributed by atoms with van der Waals surface area (Å²) in [7, 11) is -0.627. The van der Waals surface area contributed by atoms with Crippen LogP contribution in [0, 0.1) is 17.2 Å². The Morgan fingerprint density at radius 1 is 1.20 bits per heavy atom. The Morgan fingerprint density at radius 2 is 1.96 bits per heavy atom. The van der Waals surface area contributed by atoms with Crippen LogP contribution >= 0.6 is 0 Å². The van der Waals surface area contributed by atoms with Gasteiger partial charge in [-0.05, 0) is 24.5 Å². The summed E-state index contributed by atoms with van der Waals surface area (Å²) in [6, 6.07) is 6.79. The van der Waals surface area contributed by atoms with Gasteiger partial charge in [-0.2, -0.15) is 5.26 Å². The first-order valence-corrected chi connectivity index (χ1v) is 10.1. The SMILES string of the molecule is C[C@H]1C[C@@H](NC2CS(=O)C2)CN(c2ccc(C#N)c3nccnc23)C1. The second-order valence-electron chi connectivity index (χ2n) is 7.08. The molecule has 0 radical (unpaired) electrons. The van der Waals surface area contributed by atoms with Gasteiger partial charge in [-0.25, -0.2) is 0 Å². The van der Waals surface area contributed by atoms with E-state index in [2.05, 4.69) is 33.2 Å². The first-order valence-electron chi connectivity index (χ1n) is 8.64. The van der Waals surface area contributed by atoms with Gasteiger partial charge in [0.2, 0.25) is 0 Å². The van der Waals surface area contributed by atoms with Gasteiger partial charge >= 0.3 is 0 Å². The molecular weight excluding hydrogens is 334 g/mol. The number of nitrogens with zero attached hydrogens (tertiary/aromatic N) is 4. The molecular formula is C18H21N5OS. The quantitative estimate of drug-likeness (QED) is 0.897. The number of rotatable bonds is 3. The van der Waals surface area contributed by atoms with Crippen LogP contribution in [-0.2, 0) is 10.8 Å². The summed E-state index contributed by atoms with van der Waals surface area (Å²) in [5.74, 6) is 2.10. The zero-order chi connectivity index (χ0) is 17.4. The number of hydrogen-bond acceptors (Lipinski definition) is 6. The van der Waals surface area contributed by atoms with E-state index in [-0.39, 0.29) is 0 Å². The van der Waals surface area contributed by atoms with Crippen LogP contribution in [0.5, 0.6) is 0 Å². The number of benzene rings is 1. The third-order valence-corrected chi connectivity index (χ3v) is 6.52. The largest absolute Gasteiger partial charge is 0.368 e. The van der Waals surface area contributed by atoms with E-state index in [0.717, 1.165) is 42.2 Å². The van der Waals surface area contributed by atoms with Gasteiger partial charge in [-0.3, -0.25) is 14.2 Å². The van der Waals surface area contributed by atoms with Crippen LogP contribution in [0.25, 0.3) is 11.0 Å². The molecule has 0 bridgehead atoms. The first kappa shape index (κ1) is 16.4. The Labute approximate surface area is 149 Å². The Bertz CT molecular complexity index is 856. The van der Waals surface area contributed by atoms with E-state index in [1.807, 2.05) is 12.1 Å². The normalized spacial score (nSPS) is 29.2. The van der Waals surface area contributed by atoms with Gasteiger partial charge in [-0.1, -0.05) is 6.92 Å². The van der Waals surface area contributed by atoms with E-state index >= 15 is 0 Å². The van der Waals surface area contributed by atoms with Crippen molar-refractivity contribution in [1.82, 2.24) is 15.3 Å². The molecule has 2 saturated heterocycles. The monoisotopic (exact) mass is 355 g/mol. The van der Waals surface area contributed by atoms with Gasteiger partial charge in [-0.15, -0.1) is 0 Å². The number of nitrogens with one attached hydrogen (secondary N) is 1. The van der Waals surface area contributed by atoms with Crippen LogP contribution in [0.2, 0.25) is 0 Å². The highest BCUT2D eigenvalue weighted by Gasteiger charge is 2.32. The number of hydrogen-bond donors (Lipinski definition) is 1. The highest BCUT2D eigenvalue weighted by Crippen LogP contribution is 2.30. The van der Waals surface area contributed by atoms with E-state index in [4.69, 9.17) is 0 Å². The third kappa shape index (κ3) is 3.24. The lowest BCUT2D eigenvalue weighted by Gasteiger charge is -2.41. The van der Waals surface area contributed by atoms with Crippen LogP contribution in [0.1, 0.15) is 18.9 Å².